The molecule has 0 radical (unpaired) electrons. The lowest BCUT2D eigenvalue weighted by Gasteiger charge is -2.33. The number of likely N-dealkylation sites (tertiary alicyclic amines) is 1. The average molecular weight is 313 g/mol. The lowest BCUT2D eigenvalue weighted by Crippen LogP contribution is -2.44. The topological polar surface area (TPSA) is 59.2 Å². The second-order valence-corrected chi connectivity index (χ2v) is 5.48. The third-order valence-corrected chi connectivity index (χ3v) is 3.93. The van der Waals surface area contributed by atoms with E-state index in [4.69, 9.17) is 4.52 Å². The summed E-state index contributed by atoms with van der Waals surface area (Å²) in [4.78, 5) is 17.6. The normalized spacial score (nSPS) is 19.6. The van der Waals surface area contributed by atoms with E-state index in [1.54, 1.807) is 13.0 Å². The first-order valence-corrected chi connectivity index (χ1v) is 6.94. The number of pyridine rings is 1. The first kappa shape index (κ1) is 14.8. The molecule has 1 aliphatic heterocycles. The summed E-state index contributed by atoms with van der Waals surface area (Å²) in [5.41, 5.74) is 1.14. The number of hydrogen-bond acceptors (Lipinski definition) is 4. The van der Waals surface area contributed by atoms with Crippen molar-refractivity contribution in [1.29, 1.82) is 0 Å². The van der Waals surface area contributed by atoms with Crippen LogP contribution in [0.5, 0.6) is 0 Å². The molecule has 2 aromatic rings. The van der Waals surface area contributed by atoms with Gasteiger partial charge in [-0.25, -0.2) is 4.98 Å². The Bertz CT molecular complexity index is 711. The van der Waals surface area contributed by atoms with E-state index in [9.17, 15) is 18.0 Å². The van der Waals surface area contributed by atoms with Crippen LogP contribution >= 0.6 is 0 Å². The zero-order valence-corrected chi connectivity index (χ0v) is 11.9. The molecule has 1 atom stereocenters. The Morgan fingerprint density at radius 2 is 2.23 bits per heavy atom. The van der Waals surface area contributed by atoms with Gasteiger partial charge in [0.2, 0.25) is 0 Å². The molecule has 1 saturated heterocycles. The van der Waals surface area contributed by atoms with Crippen LogP contribution in [-0.4, -0.2) is 40.2 Å². The Labute approximate surface area is 124 Å². The Balaban J connectivity index is 1.84. The lowest BCUT2D eigenvalue weighted by molar-refractivity contribution is -0.184. The molecule has 22 heavy (non-hydrogen) atoms. The van der Waals surface area contributed by atoms with Crippen LogP contribution in [0, 0.1) is 12.8 Å². The molecule has 0 aliphatic carbocycles. The van der Waals surface area contributed by atoms with Crippen molar-refractivity contribution in [3.05, 3.63) is 23.5 Å². The highest BCUT2D eigenvalue weighted by atomic mass is 19.4. The number of carbonyl (C=O) groups excluding carboxylic acids is 1. The number of amides is 1. The van der Waals surface area contributed by atoms with Crippen molar-refractivity contribution in [2.45, 2.75) is 25.9 Å². The van der Waals surface area contributed by atoms with Crippen LogP contribution in [0.1, 0.15) is 28.9 Å². The van der Waals surface area contributed by atoms with Gasteiger partial charge < -0.3 is 9.42 Å². The van der Waals surface area contributed by atoms with E-state index in [-0.39, 0.29) is 18.5 Å². The van der Waals surface area contributed by atoms with Crippen molar-refractivity contribution in [2.75, 3.05) is 13.1 Å². The molecule has 0 saturated carbocycles. The maximum absolute atomic E-state index is 12.8. The summed E-state index contributed by atoms with van der Waals surface area (Å²) >= 11 is 0. The number of rotatable bonds is 1. The number of hydrogen-bond donors (Lipinski definition) is 0. The minimum Gasteiger partial charge on any atom is -0.338 e. The summed E-state index contributed by atoms with van der Waals surface area (Å²) in [6.45, 7) is 1.73. The largest absolute Gasteiger partial charge is 0.393 e. The van der Waals surface area contributed by atoms with Crippen LogP contribution < -0.4 is 0 Å². The monoisotopic (exact) mass is 313 g/mol. The third kappa shape index (κ3) is 2.65. The van der Waals surface area contributed by atoms with E-state index in [1.165, 1.54) is 11.1 Å². The van der Waals surface area contributed by atoms with Crippen molar-refractivity contribution in [3.8, 4) is 0 Å². The molecule has 3 rings (SSSR count). The number of carbonyl (C=O) groups is 1. The van der Waals surface area contributed by atoms with Crippen LogP contribution in [0.4, 0.5) is 13.2 Å². The van der Waals surface area contributed by atoms with Gasteiger partial charge in [-0.3, -0.25) is 4.79 Å². The SMILES string of the molecule is Cc1noc2ncc(C(=O)N3CCC[C@H](C(F)(F)F)C3)cc12. The molecule has 1 amide bonds. The van der Waals surface area contributed by atoms with E-state index >= 15 is 0 Å². The molecule has 0 aromatic carbocycles. The summed E-state index contributed by atoms with van der Waals surface area (Å²) in [6, 6.07) is 1.56. The van der Waals surface area contributed by atoms with Gasteiger partial charge in [0, 0.05) is 19.3 Å². The Morgan fingerprint density at radius 3 is 2.95 bits per heavy atom. The summed E-state index contributed by atoms with van der Waals surface area (Å²) in [5.74, 6) is -1.90. The van der Waals surface area contributed by atoms with Gasteiger partial charge in [-0.05, 0) is 25.8 Å². The quantitative estimate of drug-likeness (QED) is 0.812. The van der Waals surface area contributed by atoms with Gasteiger partial charge >= 0.3 is 6.18 Å². The summed E-state index contributed by atoms with van der Waals surface area (Å²) in [6.07, 6.45) is -2.55. The van der Waals surface area contributed by atoms with E-state index in [1.807, 2.05) is 0 Å². The zero-order chi connectivity index (χ0) is 15.9. The van der Waals surface area contributed by atoms with Gasteiger partial charge in [-0.1, -0.05) is 5.16 Å². The molecular formula is C14H14F3N3O2. The molecule has 118 valence electrons. The smallest absolute Gasteiger partial charge is 0.338 e. The third-order valence-electron chi connectivity index (χ3n) is 3.93. The molecular weight excluding hydrogens is 299 g/mol. The summed E-state index contributed by atoms with van der Waals surface area (Å²) in [5, 5.41) is 4.33. The average Bonchev–Trinajstić information content (AvgIpc) is 2.87. The van der Waals surface area contributed by atoms with Crippen molar-refractivity contribution in [3.63, 3.8) is 0 Å². The fraction of sp³-hybridized carbons (Fsp3) is 0.500. The van der Waals surface area contributed by atoms with Crippen LogP contribution in [0.3, 0.4) is 0 Å². The number of halogens is 3. The van der Waals surface area contributed by atoms with Crippen LogP contribution in [0.2, 0.25) is 0 Å². The van der Waals surface area contributed by atoms with Crippen molar-refractivity contribution < 1.29 is 22.5 Å². The van der Waals surface area contributed by atoms with Crippen LogP contribution in [-0.2, 0) is 0 Å². The fourth-order valence-electron chi connectivity index (χ4n) is 2.67. The van der Waals surface area contributed by atoms with Crippen LogP contribution in [0.25, 0.3) is 11.1 Å². The van der Waals surface area contributed by atoms with Gasteiger partial charge in [0.1, 0.15) is 0 Å². The number of piperidine rings is 1. The Morgan fingerprint density at radius 1 is 1.45 bits per heavy atom. The molecule has 2 aromatic heterocycles. The van der Waals surface area contributed by atoms with Crippen LogP contribution in [0.15, 0.2) is 16.8 Å². The van der Waals surface area contributed by atoms with Gasteiger partial charge in [0.15, 0.2) is 0 Å². The fourth-order valence-corrected chi connectivity index (χ4v) is 2.67. The lowest BCUT2D eigenvalue weighted by atomic mass is 9.97. The molecule has 0 unspecified atom stereocenters. The maximum Gasteiger partial charge on any atom is 0.393 e. The molecule has 1 fully saturated rings. The molecule has 0 N–H and O–H groups in total. The van der Waals surface area contributed by atoms with E-state index in [0.717, 1.165) is 0 Å². The molecule has 8 heteroatoms. The first-order chi connectivity index (χ1) is 10.4. The maximum atomic E-state index is 12.8. The Kier molecular flexibility index (Phi) is 3.54. The van der Waals surface area contributed by atoms with Gasteiger partial charge in [-0.15, -0.1) is 0 Å². The zero-order valence-electron chi connectivity index (χ0n) is 11.9. The molecule has 3 heterocycles. The molecule has 0 bridgehead atoms. The standard InChI is InChI=1S/C14H14F3N3O2/c1-8-11-5-9(6-18-12(11)22-19-8)13(21)20-4-2-3-10(7-20)14(15,16)17/h5-6,10H,2-4,7H2,1H3/t10-/m0/s1. The van der Waals surface area contributed by atoms with Crippen molar-refractivity contribution in [1.82, 2.24) is 15.0 Å². The molecule has 1 aliphatic rings. The van der Waals surface area contributed by atoms with E-state index < -0.39 is 18.0 Å². The molecule has 0 spiro atoms. The molecule has 5 nitrogen and oxygen atoms in total. The summed E-state index contributed by atoms with van der Waals surface area (Å²) < 4.78 is 43.4. The Hall–Kier alpha value is -2.12. The second kappa shape index (κ2) is 5.26. The summed E-state index contributed by atoms with van der Waals surface area (Å²) in [7, 11) is 0. The van der Waals surface area contributed by atoms with Gasteiger partial charge in [0.05, 0.1) is 22.6 Å². The number of aromatic nitrogens is 2. The first-order valence-electron chi connectivity index (χ1n) is 6.94. The number of aryl methyl sites for hydroxylation is 1. The number of nitrogens with zero attached hydrogens (tertiary/aromatic N) is 3. The van der Waals surface area contributed by atoms with E-state index in [0.29, 0.717) is 29.8 Å². The predicted octanol–water partition coefficient (Wildman–Crippen LogP) is 2.95. The van der Waals surface area contributed by atoms with Gasteiger partial charge in [-0.2, -0.15) is 13.2 Å². The number of alkyl halides is 3. The highest BCUT2D eigenvalue weighted by Gasteiger charge is 2.42. The predicted molar refractivity (Wildman–Crippen MR) is 71.2 cm³/mol. The number of fused-ring (bicyclic) bond motifs is 1. The van der Waals surface area contributed by atoms with Crippen molar-refractivity contribution >= 4 is 17.0 Å². The highest BCUT2D eigenvalue weighted by Crippen LogP contribution is 2.33. The highest BCUT2D eigenvalue weighted by molar-refractivity contribution is 5.97. The minimum atomic E-state index is -4.27. The van der Waals surface area contributed by atoms with E-state index in [2.05, 4.69) is 10.1 Å². The van der Waals surface area contributed by atoms with Crippen molar-refractivity contribution in [2.24, 2.45) is 5.92 Å². The minimum absolute atomic E-state index is 0.0648. The van der Waals surface area contributed by atoms with Gasteiger partial charge in [0.25, 0.3) is 11.6 Å². The second-order valence-electron chi connectivity index (χ2n) is 5.48.